The van der Waals surface area contributed by atoms with Crippen molar-refractivity contribution in [1.82, 2.24) is 4.98 Å². The van der Waals surface area contributed by atoms with Crippen LogP contribution in [0.3, 0.4) is 0 Å². The van der Waals surface area contributed by atoms with E-state index < -0.39 is 5.82 Å². The Labute approximate surface area is 116 Å². The molecule has 0 aliphatic carbocycles. The average molecular weight is 278 g/mol. The predicted octanol–water partition coefficient (Wildman–Crippen LogP) is 3.86. The minimum Gasteiger partial charge on any atom is -0.292 e. The Morgan fingerprint density at radius 1 is 1.32 bits per heavy atom. The molecule has 0 amide bonds. The number of rotatable bonds is 4. The van der Waals surface area contributed by atoms with Crippen molar-refractivity contribution in [3.8, 4) is 0 Å². The molecule has 0 bridgehead atoms. The largest absolute Gasteiger partial charge is 0.292 e. The van der Waals surface area contributed by atoms with Gasteiger partial charge >= 0.3 is 0 Å². The van der Waals surface area contributed by atoms with Gasteiger partial charge in [-0.3, -0.25) is 9.78 Å². The van der Waals surface area contributed by atoms with Crippen LogP contribution in [0.25, 0.3) is 0 Å². The minimum absolute atomic E-state index is 0.0313. The molecule has 2 aromatic rings. The molecule has 19 heavy (non-hydrogen) atoms. The minimum atomic E-state index is -0.424. The number of hydrogen-bond acceptors (Lipinski definition) is 2. The summed E-state index contributed by atoms with van der Waals surface area (Å²) in [6.07, 6.45) is 2.25. The molecule has 0 N–H and O–H groups in total. The first kappa shape index (κ1) is 13.7. The molecule has 0 fully saturated rings. The van der Waals surface area contributed by atoms with Crippen molar-refractivity contribution in [1.29, 1.82) is 0 Å². The van der Waals surface area contributed by atoms with Crippen LogP contribution in [0.5, 0.6) is 0 Å². The molecule has 0 spiro atoms. The number of Topliss-reactive ketones (excluding diaryl/α,β-unsaturated/α-hetero) is 1. The SMILES string of the molecule is CCc1cccnc1C(=O)Cc1cc(Cl)ccc1F. The van der Waals surface area contributed by atoms with E-state index in [2.05, 4.69) is 4.98 Å². The molecule has 2 rings (SSSR count). The number of hydrogen-bond donors (Lipinski definition) is 0. The Bertz CT molecular complexity index is 613. The van der Waals surface area contributed by atoms with E-state index in [1.165, 1.54) is 18.2 Å². The Balaban J connectivity index is 2.28. The van der Waals surface area contributed by atoms with E-state index in [0.29, 0.717) is 22.7 Å². The van der Waals surface area contributed by atoms with Crippen molar-refractivity contribution in [2.24, 2.45) is 0 Å². The molecule has 0 atom stereocenters. The van der Waals surface area contributed by atoms with Gasteiger partial charge in [0.2, 0.25) is 0 Å². The first-order valence-corrected chi connectivity index (χ1v) is 6.40. The van der Waals surface area contributed by atoms with E-state index in [0.717, 1.165) is 5.56 Å². The third-order valence-electron chi connectivity index (χ3n) is 2.90. The lowest BCUT2D eigenvalue weighted by Gasteiger charge is -2.06. The fourth-order valence-electron chi connectivity index (χ4n) is 1.91. The molecule has 4 heteroatoms. The van der Waals surface area contributed by atoms with Gasteiger partial charge in [-0.05, 0) is 41.8 Å². The Morgan fingerprint density at radius 2 is 2.11 bits per heavy atom. The van der Waals surface area contributed by atoms with Crippen molar-refractivity contribution in [3.05, 3.63) is 64.2 Å². The van der Waals surface area contributed by atoms with Crippen LogP contribution in [0.1, 0.15) is 28.5 Å². The van der Waals surface area contributed by atoms with E-state index in [1.807, 2.05) is 13.0 Å². The normalized spacial score (nSPS) is 10.5. The van der Waals surface area contributed by atoms with Gasteiger partial charge < -0.3 is 0 Å². The van der Waals surface area contributed by atoms with Gasteiger partial charge in [0.05, 0.1) is 0 Å². The van der Waals surface area contributed by atoms with E-state index in [4.69, 9.17) is 11.6 Å². The molecular weight excluding hydrogens is 265 g/mol. The highest BCUT2D eigenvalue weighted by molar-refractivity contribution is 6.30. The molecule has 1 aromatic heterocycles. The Hall–Kier alpha value is -1.74. The highest BCUT2D eigenvalue weighted by Gasteiger charge is 2.14. The molecule has 0 saturated heterocycles. The lowest BCUT2D eigenvalue weighted by Crippen LogP contribution is -2.10. The molecular formula is C15H13ClFNO. The summed E-state index contributed by atoms with van der Waals surface area (Å²) in [7, 11) is 0. The van der Waals surface area contributed by atoms with Crippen LogP contribution in [0.2, 0.25) is 5.02 Å². The van der Waals surface area contributed by atoms with Gasteiger partial charge in [-0.25, -0.2) is 4.39 Å². The topological polar surface area (TPSA) is 30.0 Å². The van der Waals surface area contributed by atoms with Crippen LogP contribution in [0, 0.1) is 5.82 Å². The second-order valence-electron chi connectivity index (χ2n) is 4.20. The fraction of sp³-hybridized carbons (Fsp3) is 0.200. The molecule has 0 saturated carbocycles. The smallest absolute Gasteiger partial charge is 0.185 e. The molecule has 1 aromatic carbocycles. The zero-order chi connectivity index (χ0) is 13.8. The molecule has 98 valence electrons. The summed E-state index contributed by atoms with van der Waals surface area (Å²) in [6, 6.07) is 7.85. The molecule has 1 heterocycles. The zero-order valence-electron chi connectivity index (χ0n) is 10.5. The van der Waals surface area contributed by atoms with E-state index in [-0.39, 0.29) is 12.2 Å². The quantitative estimate of drug-likeness (QED) is 0.794. The van der Waals surface area contributed by atoms with Crippen LogP contribution in [-0.2, 0) is 12.8 Å². The molecule has 2 nitrogen and oxygen atoms in total. The van der Waals surface area contributed by atoms with Gasteiger partial charge in [-0.15, -0.1) is 0 Å². The Morgan fingerprint density at radius 3 is 2.84 bits per heavy atom. The molecule has 0 radical (unpaired) electrons. The first-order valence-electron chi connectivity index (χ1n) is 6.03. The third-order valence-corrected chi connectivity index (χ3v) is 3.13. The fourth-order valence-corrected chi connectivity index (χ4v) is 2.11. The average Bonchev–Trinajstić information content (AvgIpc) is 2.42. The summed E-state index contributed by atoms with van der Waals surface area (Å²) in [5.41, 5.74) is 1.57. The highest BCUT2D eigenvalue weighted by Crippen LogP contribution is 2.17. The number of halogens is 2. The van der Waals surface area contributed by atoms with Crippen molar-refractivity contribution in [2.75, 3.05) is 0 Å². The number of ketones is 1. The van der Waals surface area contributed by atoms with Gasteiger partial charge in [0.1, 0.15) is 11.5 Å². The summed E-state index contributed by atoms with van der Waals surface area (Å²) in [6.45, 7) is 1.95. The number of carbonyl (C=O) groups excluding carboxylic acids is 1. The lowest BCUT2D eigenvalue weighted by molar-refractivity contribution is 0.0986. The second-order valence-corrected chi connectivity index (χ2v) is 4.64. The lowest BCUT2D eigenvalue weighted by atomic mass is 10.0. The van der Waals surface area contributed by atoms with Crippen molar-refractivity contribution in [3.63, 3.8) is 0 Å². The van der Waals surface area contributed by atoms with Crippen LogP contribution in [0.4, 0.5) is 4.39 Å². The number of benzene rings is 1. The van der Waals surface area contributed by atoms with Crippen molar-refractivity contribution < 1.29 is 9.18 Å². The number of aryl methyl sites for hydroxylation is 1. The summed E-state index contributed by atoms with van der Waals surface area (Å²) >= 11 is 5.81. The van der Waals surface area contributed by atoms with Crippen LogP contribution in [0.15, 0.2) is 36.5 Å². The van der Waals surface area contributed by atoms with Crippen LogP contribution < -0.4 is 0 Å². The number of carbonyl (C=O) groups is 1. The Kier molecular flexibility index (Phi) is 4.27. The third kappa shape index (κ3) is 3.18. The summed E-state index contributed by atoms with van der Waals surface area (Å²) in [5.74, 6) is -0.620. The predicted molar refractivity (Wildman–Crippen MR) is 73.1 cm³/mol. The summed E-state index contributed by atoms with van der Waals surface area (Å²) in [5, 5.41) is 0.418. The maximum Gasteiger partial charge on any atom is 0.185 e. The van der Waals surface area contributed by atoms with E-state index in [9.17, 15) is 9.18 Å². The standard InChI is InChI=1S/C15H13ClFNO/c1-2-10-4-3-7-18-15(10)14(19)9-11-8-12(16)5-6-13(11)17/h3-8H,2,9H2,1H3. The van der Waals surface area contributed by atoms with Gasteiger partial charge in [0.25, 0.3) is 0 Å². The molecule has 0 unspecified atom stereocenters. The van der Waals surface area contributed by atoms with Crippen LogP contribution >= 0.6 is 11.6 Å². The van der Waals surface area contributed by atoms with Crippen molar-refractivity contribution >= 4 is 17.4 Å². The van der Waals surface area contributed by atoms with E-state index in [1.54, 1.807) is 12.3 Å². The summed E-state index contributed by atoms with van der Waals surface area (Å²) < 4.78 is 13.6. The van der Waals surface area contributed by atoms with E-state index >= 15 is 0 Å². The zero-order valence-corrected chi connectivity index (χ0v) is 11.2. The van der Waals surface area contributed by atoms with Gasteiger partial charge in [0, 0.05) is 17.6 Å². The maximum atomic E-state index is 13.6. The van der Waals surface area contributed by atoms with Crippen molar-refractivity contribution in [2.45, 2.75) is 19.8 Å². The van der Waals surface area contributed by atoms with Crippen LogP contribution in [-0.4, -0.2) is 10.8 Å². The summed E-state index contributed by atoms with van der Waals surface area (Å²) in [4.78, 5) is 16.3. The number of aromatic nitrogens is 1. The first-order chi connectivity index (χ1) is 9.11. The monoisotopic (exact) mass is 277 g/mol. The maximum absolute atomic E-state index is 13.6. The highest BCUT2D eigenvalue weighted by atomic mass is 35.5. The van der Waals surface area contributed by atoms with Gasteiger partial charge in [-0.1, -0.05) is 24.6 Å². The van der Waals surface area contributed by atoms with Gasteiger partial charge in [0.15, 0.2) is 5.78 Å². The number of pyridine rings is 1. The molecule has 0 aliphatic heterocycles. The van der Waals surface area contributed by atoms with Gasteiger partial charge in [-0.2, -0.15) is 0 Å². The second kappa shape index (κ2) is 5.93. The number of nitrogens with zero attached hydrogens (tertiary/aromatic N) is 1. The molecule has 0 aliphatic rings.